The van der Waals surface area contributed by atoms with Gasteiger partial charge in [0.25, 0.3) is 0 Å². The molecule has 0 spiro atoms. The van der Waals surface area contributed by atoms with Gasteiger partial charge in [0.2, 0.25) is 0 Å². The Hall–Kier alpha value is -1.00. The van der Waals surface area contributed by atoms with Gasteiger partial charge in [-0.3, -0.25) is 4.79 Å². The highest BCUT2D eigenvalue weighted by atomic mass is 32.1. The second kappa shape index (κ2) is 9.00. The first-order valence-electron chi connectivity index (χ1n) is 6.22. The van der Waals surface area contributed by atoms with E-state index in [1.165, 1.54) is 5.56 Å². The normalized spacial score (nSPS) is 12.3. The van der Waals surface area contributed by atoms with Crippen molar-refractivity contribution >= 4 is 18.6 Å². The third-order valence-electron chi connectivity index (χ3n) is 2.66. The van der Waals surface area contributed by atoms with Crippen molar-refractivity contribution in [3.63, 3.8) is 0 Å². The summed E-state index contributed by atoms with van der Waals surface area (Å²) >= 11 is 3.99. The number of carboxylic acids is 1. The molecular formula is C14H20O3S. The molecule has 0 fully saturated rings. The highest BCUT2D eigenvalue weighted by molar-refractivity contribution is 7.81. The standard InChI is InChI=1S/C14H20O3S/c15-14(16)13(18)9-5-2-6-10-17-11-12-7-3-1-4-8-12/h1,3-4,7-8,13,18H,2,5-6,9-11H2,(H,15,16). The van der Waals surface area contributed by atoms with Crippen LogP contribution in [0.25, 0.3) is 0 Å². The van der Waals surface area contributed by atoms with Gasteiger partial charge in [-0.2, -0.15) is 12.6 Å². The Kier molecular flexibility index (Phi) is 7.53. The summed E-state index contributed by atoms with van der Waals surface area (Å²) < 4.78 is 5.54. The fraction of sp³-hybridized carbons (Fsp3) is 0.500. The fourth-order valence-corrected chi connectivity index (χ4v) is 1.79. The molecule has 1 aromatic carbocycles. The van der Waals surface area contributed by atoms with E-state index in [-0.39, 0.29) is 0 Å². The quantitative estimate of drug-likeness (QED) is 0.534. The van der Waals surface area contributed by atoms with Gasteiger partial charge in [0.15, 0.2) is 0 Å². The number of thiol groups is 1. The van der Waals surface area contributed by atoms with Crippen molar-refractivity contribution in [2.24, 2.45) is 0 Å². The number of aliphatic carboxylic acids is 1. The van der Waals surface area contributed by atoms with Gasteiger partial charge in [0, 0.05) is 6.61 Å². The smallest absolute Gasteiger partial charge is 0.316 e. The Morgan fingerprint density at radius 1 is 1.22 bits per heavy atom. The predicted molar refractivity (Wildman–Crippen MR) is 75.0 cm³/mol. The van der Waals surface area contributed by atoms with Crippen LogP contribution in [0.5, 0.6) is 0 Å². The van der Waals surface area contributed by atoms with Crippen LogP contribution < -0.4 is 0 Å². The van der Waals surface area contributed by atoms with E-state index in [1.807, 2.05) is 30.3 Å². The van der Waals surface area contributed by atoms with Crippen LogP contribution in [0.1, 0.15) is 31.2 Å². The van der Waals surface area contributed by atoms with Crippen LogP contribution in [0, 0.1) is 0 Å². The first kappa shape index (κ1) is 15.1. The van der Waals surface area contributed by atoms with Crippen molar-refractivity contribution in [2.45, 2.75) is 37.5 Å². The molecule has 0 heterocycles. The number of rotatable bonds is 9. The second-order valence-corrected chi connectivity index (χ2v) is 4.86. The zero-order chi connectivity index (χ0) is 13.2. The van der Waals surface area contributed by atoms with E-state index < -0.39 is 11.2 Å². The summed E-state index contributed by atoms with van der Waals surface area (Å²) in [5.41, 5.74) is 1.18. The third kappa shape index (κ3) is 6.67. The Bertz CT molecular complexity index is 340. The first-order chi connectivity index (χ1) is 8.70. The average Bonchev–Trinajstić information content (AvgIpc) is 2.38. The number of unbranched alkanes of at least 4 members (excludes halogenated alkanes) is 2. The third-order valence-corrected chi connectivity index (χ3v) is 3.14. The van der Waals surface area contributed by atoms with Crippen LogP contribution >= 0.6 is 12.6 Å². The van der Waals surface area contributed by atoms with E-state index in [0.717, 1.165) is 25.9 Å². The Labute approximate surface area is 114 Å². The Morgan fingerprint density at radius 3 is 2.61 bits per heavy atom. The van der Waals surface area contributed by atoms with E-state index in [9.17, 15) is 4.79 Å². The molecule has 0 radical (unpaired) electrons. The lowest BCUT2D eigenvalue weighted by Gasteiger charge is -2.06. The molecule has 0 aliphatic carbocycles. The maximum atomic E-state index is 10.5. The van der Waals surface area contributed by atoms with Gasteiger partial charge < -0.3 is 9.84 Å². The summed E-state index contributed by atoms with van der Waals surface area (Å²) in [6, 6.07) is 10.1. The molecule has 0 saturated heterocycles. The van der Waals surface area contributed by atoms with Crippen LogP contribution in [-0.4, -0.2) is 22.9 Å². The molecule has 1 rings (SSSR count). The molecule has 18 heavy (non-hydrogen) atoms. The summed E-state index contributed by atoms with van der Waals surface area (Å²) in [7, 11) is 0. The molecular weight excluding hydrogens is 248 g/mol. The summed E-state index contributed by atoms with van der Waals surface area (Å²) in [6.45, 7) is 1.37. The average molecular weight is 268 g/mol. The van der Waals surface area contributed by atoms with Crippen LogP contribution in [0.2, 0.25) is 0 Å². The lowest BCUT2D eigenvalue weighted by Crippen LogP contribution is -2.12. The maximum absolute atomic E-state index is 10.5. The van der Waals surface area contributed by atoms with E-state index in [2.05, 4.69) is 12.6 Å². The summed E-state index contributed by atoms with van der Waals surface area (Å²) in [4.78, 5) is 10.5. The summed E-state index contributed by atoms with van der Waals surface area (Å²) in [5.74, 6) is -0.835. The molecule has 0 aliphatic rings. The molecule has 3 nitrogen and oxygen atoms in total. The lowest BCUT2D eigenvalue weighted by molar-refractivity contribution is -0.136. The minimum atomic E-state index is -0.835. The highest BCUT2D eigenvalue weighted by Gasteiger charge is 2.10. The topological polar surface area (TPSA) is 46.5 Å². The van der Waals surface area contributed by atoms with Crippen LogP contribution in [0.4, 0.5) is 0 Å². The second-order valence-electron chi connectivity index (χ2n) is 4.24. The number of benzene rings is 1. The van der Waals surface area contributed by atoms with Gasteiger partial charge >= 0.3 is 5.97 Å². The highest BCUT2D eigenvalue weighted by Crippen LogP contribution is 2.09. The number of hydrogen-bond donors (Lipinski definition) is 2. The van der Waals surface area contributed by atoms with E-state index in [1.54, 1.807) is 0 Å². The van der Waals surface area contributed by atoms with E-state index in [4.69, 9.17) is 9.84 Å². The molecule has 0 bridgehead atoms. The van der Waals surface area contributed by atoms with Crippen molar-refractivity contribution in [3.05, 3.63) is 35.9 Å². The van der Waals surface area contributed by atoms with Crippen LogP contribution in [0.3, 0.4) is 0 Å². The molecule has 4 heteroatoms. The maximum Gasteiger partial charge on any atom is 0.316 e. The molecule has 0 saturated carbocycles. The zero-order valence-corrected chi connectivity index (χ0v) is 11.3. The van der Waals surface area contributed by atoms with Crippen molar-refractivity contribution in [1.29, 1.82) is 0 Å². The largest absolute Gasteiger partial charge is 0.480 e. The Balaban J connectivity index is 1.95. The lowest BCUT2D eigenvalue weighted by atomic mass is 10.1. The van der Waals surface area contributed by atoms with Crippen molar-refractivity contribution < 1.29 is 14.6 Å². The van der Waals surface area contributed by atoms with Crippen molar-refractivity contribution in [2.75, 3.05) is 6.61 Å². The minimum Gasteiger partial charge on any atom is -0.480 e. The number of carboxylic acid groups (broad SMARTS) is 1. The molecule has 1 N–H and O–H groups in total. The van der Waals surface area contributed by atoms with Crippen LogP contribution in [-0.2, 0) is 16.1 Å². The molecule has 1 atom stereocenters. The Morgan fingerprint density at radius 2 is 1.94 bits per heavy atom. The summed E-state index contributed by atoms with van der Waals surface area (Å²) in [6.07, 6.45) is 3.46. The van der Waals surface area contributed by atoms with Crippen molar-refractivity contribution in [3.8, 4) is 0 Å². The van der Waals surface area contributed by atoms with Gasteiger partial charge in [-0.1, -0.05) is 43.2 Å². The first-order valence-corrected chi connectivity index (χ1v) is 6.74. The number of hydrogen-bond acceptors (Lipinski definition) is 3. The van der Waals surface area contributed by atoms with Gasteiger partial charge in [0.1, 0.15) is 0 Å². The molecule has 1 aromatic rings. The van der Waals surface area contributed by atoms with Crippen LogP contribution in [0.15, 0.2) is 30.3 Å². The molecule has 100 valence electrons. The van der Waals surface area contributed by atoms with Gasteiger partial charge in [-0.15, -0.1) is 0 Å². The molecule has 0 aliphatic heterocycles. The molecule has 0 amide bonds. The van der Waals surface area contributed by atoms with E-state index >= 15 is 0 Å². The van der Waals surface area contributed by atoms with Gasteiger partial charge in [-0.05, 0) is 18.4 Å². The molecule has 1 unspecified atom stereocenters. The summed E-state index contributed by atoms with van der Waals surface area (Å²) in [5, 5.41) is 8.12. The minimum absolute atomic E-state index is 0.532. The fourth-order valence-electron chi connectivity index (χ4n) is 1.61. The predicted octanol–water partition coefficient (Wildman–Crippen LogP) is 3.15. The monoisotopic (exact) mass is 268 g/mol. The van der Waals surface area contributed by atoms with E-state index in [0.29, 0.717) is 13.0 Å². The number of carbonyl (C=O) groups is 1. The zero-order valence-electron chi connectivity index (χ0n) is 10.4. The molecule has 0 aromatic heterocycles. The SMILES string of the molecule is O=C(O)C(S)CCCCCOCc1ccccc1. The van der Waals surface area contributed by atoms with Gasteiger partial charge in [-0.25, -0.2) is 0 Å². The van der Waals surface area contributed by atoms with Gasteiger partial charge in [0.05, 0.1) is 11.9 Å². The van der Waals surface area contributed by atoms with Crippen molar-refractivity contribution in [1.82, 2.24) is 0 Å². The number of ether oxygens (including phenoxy) is 1.